The molecule has 2 aliphatic rings. The Morgan fingerprint density at radius 2 is 1.67 bits per heavy atom. The summed E-state index contributed by atoms with van der Waals surface area (Å²) in [5.74, 6) is -0.882. The Balaban J connectivity index is 1.11. The maximum absolute atomic E-state index is 13.3. The normalized spacial score (nSPS) is 17.1. The number of esters is 1. The van der Waals surface area contributed by atoms with Gasteiger partial charge in [-0.25, -0.2) is 9.59 Å². The third-order valence-corrected chi connectivity index (χ3v) is 7.81. The molecule has 39 heavy (non-hydrogen) atoms. The highest BCUT2D eigenvalue weighted by molar-refractivity contribution is 5.92. The van der Waals surface area contributed by atoms with E-state index in [2.05, 4.69) is 34.6 Å². The predicted octanol–water partition coefficient (Wildman–Crippen LogP) is 4.39. The molecule has 2 unspecified atom stereocenters. The highest BCUT2D eigenvalue weighted by Gasteiger charge is 2.41. The number of para-hydroxylation sites is 1. The SMILES string of the molecule is COC(=O)C(Cc1c[nH]c2ccccc12)N1CCC(NC(=O)OCC2c3ccccc3-c3ccccc32)C1=O. The number of nitrogens with one attached hydrogen (secondary N) is 2. The molecule has 2 amide bonds. The number of aromatic amines is 1. The number of hydrogen-bond donors (Lipinski definition) is 2. The van der Waals surface area contributed by atoms with E-state index in [0.717, 1.165) is 38.7 Å². The number of likely N-dealkylation sites (tertiary alicyclic amines) is 1. The number of fused-ring (bicyclic) bond motifs is 4. The van der Waals surface area contributed by atoms with E-state index in [0.29, 0.717) is 19.4 Å². The first-order valence-corrected chi connectivity index (χ1v) is 13.1. The predicted molar refractivity (Wildman–Crippen MR) is 146 cm³/mol. The molecule has 1 fully saturated rings. The van der Waals surface area contributed by atoms with Gasteiger partial charge < -0.3 is 24.7 Å². The molecule has 1 aliphatic heterocycles. The van der Waals surface area contributed by atoms with Gasteiger partial charge in [-0.3, -0.25) is 4.79 Å². The van der Waals surface area contributed by atoms with Crippen LogP contribution in [0, 0.1) is 0 Å². The molecule has 0 radical (unpaired) electrons. The zero-order chi connectivity index (χ0) is 26.9. The molecular weight excluding hydrogens is 494 g/mol. The molecule has 3 aromatic carbocycles. The Labute approximate surface area is 225 Å². The first kappa shape index (κ1) is 24.7. The number of rotatable bonds is 7. The summed E-state index contributed by atoms with van der Waals surface area (Å²) in [7, 11) is 1.32. The van der Waals surface area contributed by atoms with E-state index in [1.54, 1.807) is 0 Å². The van der Waals surface area contributed by atoms with Gasteiger partial charge in [-0.15, -0.1) is 0 Å². The number of ether oxygens (including phenoxy) is 2. The van der Waals surface area contributed by atoms with Gasteiger partial charge in [-0.05, 0) is 40.3 Å². The number of carbonyl (C=O) groups excluding carboxylic acids is 3. The molecule has 6 rings (SSSR count). The summed E-state index contributed by atoms with van der Waals surface area (Å²) in [5.41, 5.74) is 6.40. The van der Waals surface area contributed by atoms with Crippen molar-refractivity contribution >= 4 is 28.9 Å². The first-order valence-electron chi connectivity index (χ1n) is 13.1. The minimum atomic E-state index is -0.795. The van der Waals surface area contributed by atoms with Crippen LogP contribution < -0.4 is 5.32 Å². The van der Waals surface area contributed by atoms with Gasteiger partial charge in [0.25, 0.3) is 0 Å². The van der Waals surface area contributed by atoms with Crippen LogP contribution in [0.3, 0.4) is 0 Å². The monoisotopic (exact) mass is 523 g/mol. The van der Waals surface area contributed by atoms with Crippen molar-refractivity contribution in [2.75, 3.05) is 20.3 Å². The van der Waals surface area contributed by atoms with Crippen LogP contribution in [0.2, 0.25) is 0 Å². The van der Waals surface area contributed by atoms with Gasteiger partial charge in [0.2, 0.25) is 5.91 Å². The minimum absolute atomic E-state index is 0.0705. The quantitative estimate of drug-likeness (QED) is 0.350. The molecule has 0 saturated carbocycles. The number of aromatic nitrogens is 1. The van der Waals surface area contributed by atoms with E-state index in [1.165, 1.54) is 12.0 Å². The Hall–Kier alpha value is -4.59. The average molecular weight is 524 g/mol. The van der Waals surface area contributed by atoms with Crippen LogP contribution in [0.25, 0.3) is 22.0 Å². The van der Waals surface area contributed by atoms with Gasteiger partial charge >= 0.3 is 12.1 Å². The second-order valence-electron chi connectivity index (χ2n) is 9.95. The third-order valence-electron chi connectivity index (χ3n) is 7.81. The summed E-state index contributed by atoms with van der Waals surface area (Å²) in [6, 6.07) is 22.5. The van der Waals surface area contributed by atoms with E-state index in [1.807, 2.05) is 54.7 Å². The topological polar surface area (TPSA) is 101 Å². The number of H-pyrrole nitrogens is 1. The molecule has 1 aromatic heterocycles. The van der Waals surface area contributed by atoms with Crippen molar-refractivity contribution in [2.45, 2.75) is 30.8 Å². The molecule has 8 nitrogen and oxygen atoms in total. The van der Waals surface area contributed by atoms with Crippen LogP contribution in [0.4, 0.5) is 4.79 Å². The lowest BCUT2D eigenvalue weighted by Gasteiger charge is -2.26. The summed E-state index contributed by atoms with van der Waals surface area (Å²) >= 11 is 0. The molecule has 4 aromatic rings. The van der Waals surface area contributed by atoms with E-state index >= 15 is 0 Å². The molecule has 2 atom stereocenters. The highest BCUT2D eigenvalue weighted by Crippen LogP contribution is 2.44. The van der Waals surface area contributed by atoms with Crippen molar-refractivity contribution in [1.29, 1.82) is 0 Å². The highest BCUT2D eigenvalue weighted by atomic mass is 16.5. The van der Waals surface area contributed by atoms with Gasteiger partial charge in [-0.1, -0.05) is 66.7 Å². The van der Waals surface area contributed by atoms with Gasteiger partial charge in [-0.2, -0.15) is 0 Å². The fourth-order valence-electron chi connectivity index (χ4n) is 5.89. The summed E-state index contributed by atoms with van der Waals surface area (Å²) in [5, 5.41) is 3.71. The zero-order valence-corrected chi connectivity index (χ0v) is 21.6. The lowest BCUT2D eigenvalue weighted by Crippen LogP contribution is -2.48. The third kappa shape index (κ3) is 4.52. The standard InChI is InChI=1S/C31H29N3O5/c1-38-30(36)28(16-19-17-32-26-13-7-6-8-20(19)26)34-15-14-27(29(34)35)33-31(37)39-18-25-23-11-4-2-9-21(23)22-10-3-5-12-24(22)25/h2-13,17,25,27-28,32H,14-16,18H2,1H3,(H,33,37). The minimum Gasteiger partial charge on any atom is -0.467 e. The van der Waals surface area contributed by atoms with Crippen molar-refractivity contribution in [1.82, 2.24) is 15.2 Å². The smallest absolute Gasteiger partial charge is 0.407 e. The number of amides is 2. The van der Waals surface area contributed by atoms with Crippen LogP contribution in [0.1, 0.15) is 29.0 Å². The number of hydrogen-bond acceptors (Lipinski definition) is 5. The fourth-order valence-corrected chi connectivity index (χ4v) is 5.89. The van der Waals surface area contributed by atoms with Crippen LogP contribution in [-0.2, 0) is 25.5 Å². The molecule has 2 N–H and O–H groups in total. The van der Waals surface area contributed by atoms with Crippen LogP contribution in [0.5, 0.6) is 0 Å². The molecule has 198 valence electrons. The van der Waals surface area contributed by atoms with Crippen LogP contribution in [0.15, 0.2) is 79.0 Å². The van der Waals surface area contributed by atoms with Crippen LogP contribution in [-0.4, -0.2) is 60.2 Å². The summed E-state index contributed by atoms with van der Waals surface area (Å²) in [6.45, 7) is 0.491. The second-order valence-corrected chi connectivity index (χ2v) is 9.95. The molecule has 0 spiro atoms. The van der Waals surface area contributed by atoms with E-state index < -0.39 is 24.1 Å². The average Bonchev–Trinajstić information content (AvgIpc) is 3.64. The van der Waals surface area contributed by atoms with E-state index in [9.17, 15) is 14.4 Å². The second kappa shape index (κ2) is 10.3. The molecule has 0 bridgehead atoms. The van der Waals surface area contributed by atoms with E-state index in [4.69, 9.17) is 9.47 Å². The van der Waals surface area contributed by atoms with Gasteiger partial charge in [0.1, 0.15) is 18.7 Å². The Bertz CT molecular complexity index is 1520. The van der Waals surface area contributed by atoms with Crippen molar-refractivity contribution in [3.8, 4) is 11.1 Å². The fraction of sp³-hybridized carbons (Fsp3) is 0.258. The molecule has 1 saturated heterocycles. The summed E-state index contributed by atoms with van der Waals surface area (Å²) in [4.78, 5) is 43.6. The zero-order valence-electron chi connectivity index (χ0n) is 21.6. The largest absolute Gasteiger partial charge is 0.467 e. The van der Waals surface area contributed by atoms with Gasteiger partial charge in [0.05, 0.1) is 7.11 Å². The molecular formula is C31H29N3O5. The lowest BCUT2D eigenvalue weighted by molar-refractivity contribution is -0.151. The van der Waals surface area contributed by atoms with Crippen molar-refractivity contribution < 1.29 is 23.9 Å². The number of nitrogens with zero attached hydrogens (tertiary/aromatic N) is 1. The number of carbonyl (C=O) groups is 3. The van der Waals surface area contributed by atoms with Crippen molar-refractivity contribution in [3.63, 3.8) is 0 Å². The van der Waals surface area contributed by atoms with E-state index in [-0.39, 0.29) is 18.4 Å². The van der Waals surface area contributed by atoms with Crippen molar-refractivity contribution in [3.05, 3.63) is 95.7 Å². The Morgan fingerprint density at radius 1 is 1.00 bits per heavy atom. The van der Waals surface area contributed by atoms with Crippen LogP contribution >= 0.6 is 0 Å². The number of benzene rings is 3. The summed E-state index contributed by atoms with van der Waals surface area (Å²) < 4.78 is 10.7. The maximum atomic E-state index is 13.3. The number of methoxy groups -OCH3 is 1. The Kier molecular flexibility index (Phi) is 6.52. The lowest BCUT2D eigenvalue weighted by atomic mass is 9.98. The molecule has 1 aliphatic carbocycles. The van der Waals surface area contributed by atoms with Gasteiger partial charge in [0, 0.05) is 36.0 Å². The molecule has 2 heterocycles. The van der Waals surface area contributed by atoms with Gasteiger partial charge in [0.15, 0.2) is 0 Å². The van der Waals surface area contributed by atoms with Crippen molar-refractivity contribution in [2.24, 2.45) is 0 Å². The summed E-state index contributed by atoms with van der Waals surface area (Å²) in [6.07, 6.45) is 1.89. The first-order chi connectivity index (χ1) is 19.0. The number of alkyl carbamates (subject to hydrolysis) is 1. The molecule has 8 heteroatoms. The maximum Gasteiger partial charge on any atom is 0.407 e. The Morgan fingerprint density at radius 3 is 2.38 bits per heavy atom.